The van der Waals surface area contributed by atoms with Gasteiger partial charge in [-0.25, -0.2) is 4.98 Å². The second kappa shape index (κ2) is 16.8. The van der Waals surface area contributed by atoms with Crippen molar-refractivity contribution in [2.24, 2.45) is 21.7 Å². The van der Waals surface area contributed by atoms with Crippen molar-refractivity contribution in [3.05, 3.63) is 95.1 Å². The molecule has 1 aliphatic heterocycles. The Morgan fingerprint density at radius 3 is 1.72 bits per heavy atom. The van der Waals surface area contributed by atoms with Crippen molar-refractivity contribution in [2.75, 3.05) is 20.9 Å². The van der Waals surface area contributed by atoms with E-state index in [9.17, 15) is 36.2 Å². The van der Waals surface area contributed by atoms with Gasteiger partial charge in [-0.15, -0.1) is 26.3 Å². The van der Waals surface area contributed by atoms with Crippen molar-refractivity contribution in [3.63, 3.8) is 0 Å². The first kappa shape index (κ1) is 48.8. The number of hydrogen-bond donors (Lipinski definition) is 4. The van der Waals surface area contributed by atoms with E-state index in [2.05, 4.69) is 90.3 Å². The minimum Gasteiger partial charge on any atom is -0.406 e. The molecule has 2 unspecified atom stereocenters. The van der Waals surface area contributed by atoms with Gasteiger partial charge in [0, 0.05) is 29.0 Å². The molecular formula is C52H62F6N6O4. The maximum Gasteiger partial charge on any atom is 0.573 e. The Morgan fingerprint density at radius 2 is 1.22 bits per heavy atom. The Morgan fingerprint density at radius 1 is 0.721 bits per heavy atom. The highest BCUT2D eigenvalue weighted by atomic mass is 19.4. The van der Waals surface area contributed by atoms with Crippen LogP contribution in [0.5, 0.6) is 11.5 Å². The zero-order valence-corrected chi connectivity index (χ0v) is 40.3. The van der Waals surface area contributed by atoms with Gasteiger partial charge in [-0.3, -0.25) is 4.79 Å². The molecular weight excluding hydrogens is 887 g/mol. The number of ether oxygens (including phenoxy) is 2. The lowest BCUT2D eigenvalue weighted by atomic mass is 9.63. The van der Waals surface area contributed by atoms with Gasteiger partial charge < -0.3 is 40.0 Å². The number of aliphatic hydroxyl groups is 1. The van der Waals surface area contributed by atoms with Crippen LogP contribution in [0.1, 0.15) is 133 Å². The van der Waals surface area contributed by atoms with Gasteiger partial charge in [0.25, 0.3) is 0 Å². The van der Waals surface area contributed by atoms with Crippen LogP contribution in [-0.4, -0.2) is 45.5 Å². The number of fused-ring (bicyclic) bond motifs is 2. The molecule has 10 nitrogen and oxygen atoms in total. The Bertz CT molecular complexity index is 2660. The molecule has 2 fully saturated rings. The predicted octanol–water partition coefficient (Wildman–Crippen LogP) is 14.1. The lowest BCUT2D eigenvalue weighted by Gasteiger charge is -2.54. The van der Waals surface area contributed by atoms with Crippen molar-refractivity contribution in [3.8, 4) is 11.5 Å². The lowest BCUT2D eigenvalue weighted by Crippen LogP contribution is -2.65. The summed E-state index contributed by atoms with van der Waals surface area (Å²) in [5.41, 5.74) is 5.66. The Balaban J connectivity index is 1.30. The number of alkyl halides is 6. The third kappa shape index (κ3) is 10.2. The number of aliphatic hydroxyl groups excluding tert-OH is 1. The van der Waals surface area contributed by atoms with Crippen LogP contribution >= 0.6 is 0 Å². The Hall–Kier alpha value is -5.64. The number of aryl methyl sites for hydroxylation is 2. The summed E-state index contributed by atoms with van der Waals surface area (Å²) < 4.78 is 89.7. The molecule has 0 bridgehead atoms. The zero-order valence-electron chi connectivity index (χ0n) is 40.3. The molecule has 4 N–H and O–H groups in total. The fourth-order valence-electron chi connectivity index (χ4n) is 12.4. The summed E-state index contributed by atoms with van der Waals surface area (Å²) in [7, 11) is 0. The van der Waals surface area contributed by atoms with Gasteiger partial charge in [-0.05, 0) is 164 Å². The average molecular weight is 949 g/mol. The van der Waals surface area contributed by atoms with Crippen LogP contribution in [0.3, 0.4) is 0 Å². The number of hydrogen-bond acceptors (Lipinski definition) is 9. The molecule has 68 heavy (non-hydrogen) atoms. The number of aldehydes is 1. The van der Waals surface area contributed by atoms with E-state index in [1.54, 1.807) is 6.07 Å². The van der Waals surface area contributed by atoms with E-state index >= 15 is 0 Å². The highest BCUT2D eigenvalue weighted by Gasteiger charge is 2.56. The topological polar surface area (TPSA) is 113 Å². The molecule has 2 saturated carbocycles. The lowest BCUT2D eigenvalue weighted by molar-refractivity contribution is -0.275. The number of nitrogens with zero attached hydrogens (tertiary/aromatic N) is 3. The van der Waals surface area contributed by atoms with Gasteiger partial charge in [0.05, 0.1) is 22.4 Å². The molecule has 2 atom stereocenters. The van der Waals surface area contributed by atoms with Gasteiger partial charge in [0.15, 0.2) is 0 Å². The summed E-state index contributed by atoms with van der Waals surface area (Å²) in [6.45, 7) is 21.7. The molecule has 366 valence electrons. The molecule has 3 aliphatic rings. The SMILES string of the molecule is Cc1cc2c(cc1C=O)NC(Nc1ccc(OC(F)(F)F)cc1)(C(O)c1cc3nc(Nc4ccc(OC(F)(F)F)cc4)n(C4CC(C)(C)CC(C)(C)C4)c3cc1C)N2C1CC(C)(C)CC(C)(C)C1. The van der Waals surface area contributed by atoms with E-state index in [0.717, 1.165) is 67.1 Å². The zero-order chi connectivity index (χ0) is 49.6. The molecule has 8 rings (SSSR count). The van der Waals surface area contributed by atoms with E-state index in [0.29, 0.717) is 39.7 Å². The van der Waals surface area contributed by atoms with Gasteiger partial charge in [-0.1, -0.05) is 55.4 Å². The molecule has 0 spiro atoms. The third-order valence-corrected chi connectivity index (χ3v) is 13.8. The number of carbonyl (C=O) groups excluding carboxylic acids is 1. The molecule has 0 amide bonds. The summed E-state index contributed by atoms with van der Waals surface area (Å²) in [5.74, 6) is -1.89. The first-order valence-electron chi connectivity index (χ1n) is 23.1. The maximum atomic E-state index is 13.5. The quantitative estimate of drug-likeness (QED) is 0.0759. The fraction of sp³-hybridized carbons (Fsp3) is 0.500. The highest BCUT2D eigenvalue weighted by Crippen LogP contribution is 2.56. The van der Waals surface area contributed by atoms with Crippen molar-refractivity contribution < 1.29 is 45.7 Å². The molecule has 2 heterocycles. The van der Waals surface area contributed by atoms with Gasteiger partial charge in [0.2, 0.25) is 11.7 Å². The second-order valence-corrected chi connectivity index (χ2v) is 22.5. The normalized spacial score (nSPS) is 21.8. The summed E-state index contributed by atoms with van der Waals surface area (Å²) in [4.78, 5) is 19.8. The fourth-order valence-corrected chi connectivity index (χ4v) is 12.4. The van der Waals surface area contributed by atoms with Gasteiger partial charge in [0.1, 0.15) is 23.9 Å². The molecule has 2 aliphatic carbocycles. The number of halogens is 6. The maximum absolute atomic E-state index is 13.5. The number of anilines is 5. The second-order valence-electron chi connectivity index (χ2n) is 22.5. The molecule has 1 aromatic heterocycles. The molecule has 5 aromatic rings. The van der Waals surface area contributed by atoms with Crippen LogP contribution in [-0.2, 0) is 0 Å². The van der Waals surface area contributed by atoms with Crippen LogP contribution in [0, 0.1) is 35.5 Å². The van der Waals surface area contributed by atoms with Crippen LogP contribution in [0.2, 0.25) is 0 Å². The summed E-state index contributed by atoms with van der Waals surface area (Å²) in [5, 5.41) is 24.1. The summed E-state index contributed by atoms with van der Waals surface area (Å²) in [6.07, 6.45) is -5.29. The van der Waals surface area contributed by atoms with Gasteiger partial charge in [-0.2, -0.15) is 0 Å². The van der Waals surface area contributed by atoms with Crippen LogP contribution in [0.25, 0.3) is 11.0 Å². The monoisotopic (exact) mass is 948 g/mol. The van der Waals surface area contributed by atoms with Crippen LogP contribution in [0.4, 0.5) is 55.0 Å². The third-order valence-electron chi connectivity index (χ3n) is 13.8. The largest absolute Gasteiger partial charge is 0.573 e. The van der Waals surface area contributed by atoms with Crippen molar-refractivity contribution in [1.82, 2.24) is 9.55 Å². The number of nitrogens with one attached hydrogen (secondary N) is 3. The van der Waals surface area contributed by atoms with E-state index in [1.807, 2.05) is 32.0 Å². The summed E-state index contributed by atoms with van der Waals surface area (Å²) >= 11 is 0. The average Bonchev–Trinajstić information content (AvgIpc) is 3.69. The predicted molar refractivity (Wildman–Crippen MR) is 254 cm³/mol. The van der Waals surface area contributed by atoms with Gasteiger partial charge >= 0.3 is 12.7 Å². The van der Waals surface area contributed by atoms with Crippen LogP contribution < -0.4 is 30.3 Å². The molecule has 0 radical (unpaired) electrons. The van der Waals surface area contributed by atoms with E-state index in [4.69, 9.17) is 4.98 Å². The number of aromatic nitrogens is 2. The standard InChI is InChI=1S/C52H62F6N6O4/c1-30-19-43-41(21-32(30)27-65)62-50(61-34-13-17-38(18-14-34)68-52(56,57)58,64(43)36-25-48(7,8)29-49(9,10)26-36)44(66)39-22-40-42(20-31(39)2)63(35-23-46(3,4)28-47(5,6)24-35)45(60-40)59-33-11-15-37(16-12-33)67-51(53,54)55/h11-22,27,35-36,44,61-62,66H,23-26,28-29H2,1-10H3,(H,59,60). The summed E-state index contributed by atoms with van der Waals surface area (Å²) in [6, 6.07) is 18.2. The van der Waals surface area contributed by atoms with E-state index in [1.165, 1.54) is 48.5 Å². The minimum absolute atomic E-state index is 0.0312. The Labute approximate surface area is 393 Å². The van der Waals surface area contributed by atoms with Crippen LogP contribution in [0.15, 0.2) is 72.8 Å². The first-order chi connectivity index (χ1) is 31.4. The van der Waals surface area contributed by atoms with Crippen molar-refractivity contribution in [1.29, 1.82) is 0 Å². The van der Waals surface area contributed by atoms with Crippen molar-refractivity contribution in [2.45, 2.75) is 144 Å². The number of rotatable bonds is 11. The number of benzene rings is 4. The molecule has 16 heteroatoms. The minimum atomic E-state index is -4.90. The molecule has 4 aromatic carbocycles. The number of carbonyl (C=O) groups is 1. The Kier molecular flexibility index (Phi) is 12.1. The van der Waals surface area contributed by atoms with Crippen molar-refractivity contribution >= 4 is 46.0 Å². The first-order valence-corrected chi connectivity index (χ1v) is 23.1. The van der Waals surface area contributed by atoms with E-state index < -0.39 is 30.4 Å². The molecule has 0 saturated heterocycles. The van der Waals surface area contributed by atoms with E-state index in [-0.39, 0.29) is 39.5 Å². The highest BCUT2D eigenvalue weighted by molar-refractivity contribution is 5.89. The smallest absolute Gasteiger partial charge is 0.406 e. The number of imidazole rings is 1.